The summed E-state index contributed by atoms with van der Waals surface area (Å²) in [6, 6.07) is 4.37. The van der Waals surface area contributed by atoms with Gasteiger partial charge in [-0.3, -0.25) is 0 Å². The first-order chi connectivity index (χ1) is 7.72. The van der Waals surface area contributed by atoms with E-state index >= 15 is 0 Å². The molecule has 0 saturated carbocycles. The highest BCUT2D eigenvalue weighted by Gasteiger charge is 2.11. The molecule has 4 nitrogen and oxygen atoms in total. The molecule has 5 heteroatoms. The minimum Gasteiger partial charge on any atom is -0.490 e. The van der Waals surface area contributed by atoms with E-state index in [2.05, 4.69) is 10.0 Å². The summed E-state index contributed by atoms with van der Waals surface area (Å²) in [7, 11) is 0. The number of benzene rings is 1. The lowest BCUT2D eigenvalue weighted by atomic mass is 10.2. The van der Waals surface area contributed by atoms with E-state index < -0.39 is 5.82 Å². The van der Waals surface area contributed by atoms with Crippen LogP contribution in [0.5, 0.6) is 5.75 Å². The highest BCUT2D eigenvalue weighted by molar-refractivity contribution is 5.52. The minimum absolute atomic E-state index is 0.00874. The molecule has 1 aromatic carbocycles. The van der Waals surface area contributed by atoms with Crippen molar-refractivity contribution in [3.8, 4) is 5.75 Å². The van der Waals surface area contributed by atoms with E-state index in [-0.39, 0.29) is 11.8 Å². The second-order valence-corrected chi connectivity index (χ2v) is 3.33. The van der Waals surface area contributed by atoms with Gasteiger partial charge in [0, 0.05) is 4.91 Å². The van der Waals surface area contributed by atoms with Gasteiger partial charge in [-0.25, -0.2) is 4.39 Å². The normalized spacial score (nSPS) is 10.0. The molecule has 1 aromatic rings. The summed E-state index contributed by atoms with van der Waals surface area (Å²) in [4.78, 5) is 2.59. The minimum atomic E-state index is -0.568. The van der Waals surface area contributed by atoms with Crippen LogP contribution in [0.3, 0.4) is 0 Å². The molecule has 0 atom stereocenters. The number of nitrogens with zero attached hydrogens (tertiary/aromatic N) is 3. The second-order valence-electron chi connectivity index (χ2n) is 3.33. The molecule has 86 valence electrons. The molecule has 0 radical (unpaired) electrons. The molecule has 0 heterocycles. The Hall–Kier alpha value is -1.74. The average Bonchev–Trinajstić information content (AvgIpc) is 2.30. The van der Waals surface area contributed by atoms with Gasteiger partial charge in [-0.1, -0.05) is 25.0 Å². The van der Waals surface area contributed by atoms with Crippen LogP contribution in [0, 0.1) is 5.82 Å². The number of hydrogen-bond donors (Lipinski definition) is 0. The maximum atomic E-state index is 13.4. The molecule has 16 heavy (non-hydrogen) atoms. The van der Waals surface area contributed by atoms with E-state index in [9.17, 15) is 4.39 Å². The van der Waals surface area contributed by atoms with Crippen LogP contribution in [0.15, 0.2) is 23.3 Å². The third-order valence-corrected chi connectivity index (χ3v) is 2.30. The second kappa shape index (κ2) is 5.98. The van der Waals surface area contributed by atoms with Gasteiger partial charge in [-0.2, -0.15) is 0 Å². The zero-order chi connectivity index (χ0) is 12.0. The van der Waals surface area contributed by atoms with Crippen LogP contribution in [-0.2, 0) is 0 Å². The molecule has 0 aromatic heterocycles. The van der Waals surface area contributed by atoms with Crippen molar-refractivity contribution < 1.29 is 9.13 Å². The van der Waals surface area contributed by atoms with Gasteiger partial charge < -0.3 is 4.74 Å². The van der Waals surface area contributed by atoms with Crippen LogP contribution in [0.25, 0.3) is 10.4 Å². The molecule has 0 aliphatic rings. The summed E-state index contributed by atoms with van der Waals surface area (Å²) >= 11 is 0. The van der Waals surface area contributed by atoms with Gasteiger partial charge >= 0.3 is 0 Å². The number of hydrogen-bond acceptors (Lipinski definition) is 2. The van der Waals surface area contributed by atoms with E-state index in [4.69, 9.17) is 10.3 Å². The van der Waals surface area contributed by atoms with Crippen molar-refractivity contribution in [2.45, 2.75) is 32.8 Å². The van der Waals surface area contributed by atoms with Crippen LogP contribution in [-0.4, -0.2) is 6.10 Å². The Morgan fingerprint density at radius 1 is 1.44 bits per heavy atom. The van der Waals surface area contributed by atoms with Crippen molar-refractivity contribution in [2.24, 2.45) is 5.11 Å². The summed E-state index contributed by atoms with van der Waals surface area (Å²) in [5.41, 5.74) is 8.28. The fourth-order valence-corrected chi connectivity index (χ4v) is 1.37. The maximum absolute atomic E-state index is 13.4. The van der Waals surface area contributed by atoms with Gasteiger partial charge in [0.25, 0.3) is 0 Å². The predicted octanol–water partition coefficient (Wildman–Crippen LogP) is 4.33. The lowest BCUT2D eigenvalue weighted by Crippen LogP contribution is -2.13. The van der Waals surface area contributed by atoms with Crippen molar-refractivity contribution in [2.75, 3.05) is 0 Å². The largest absolute Gasteiger partial charge is 0.490 e. The highest BCUT2D eigenvalue weighted by Crippen LogP contribution is 2.31. The zero-order valence-corrected chi connectivity index (χ0v) is 9.35. The Bertz CT molecular complexity index is 398. The molecule has 1 rings (SSSR count). The van der Waals surface area contributed by atoms with Crippen molar-refractivity contribution in [1.82, 2.24) is 0 Å². The molecule has 0 spiro atoms. The van der Waals surface area contributed by atoms with Gasteiger partial charge in [0.05, 0.1) is 6.10 Å². The Labute approximate surface area is 93.7 Å². The molecule has 0 saturated heterocycles. The van der Waals surface area contributed by atoms with Gasteiger partial charge in [0.1, 0.15) is 17.3 Å². The highest BCUT2D eigenvalue weighted by atomic mass is 19.1. The number of azide groups is 1. The van der Waals surface area contributed by atoms with Crippen LogP contribution in [0.4, 0.5) is 10.1 Å². The van der Waals surface area contributed by atoms with E-state index in [1.54, 1.807) is 6.07 Å². The molecule has 0 bridgehead atoms. The third-order valence-electron chi connectivity index (χ3n) is 2.30. The van der Waals surface area contributed by atoms with Gasteiger partial charge in [0.15, 0.2) is 0 Å². The SMILES string of the molecule is CCC(CC)Oc1cccc(F)c1N=[N+]=[N-]. The summed E-state index contributed by atoms with van der Waals surface area (Å²) < 4.78 is 18.9. The number of ether oxygens (including phenoxy) is 1. The molecule has 0 fully saturated rings. The Kier molecular flexibility index (Phi) is 4.61. The Balaban J connectivity index is 3.03. The summed E-state index contributed by atoms with van der Waals surface area (Å²) in [5.74, 6) is -0.271. The molecule has 0 amide bonds. The maximum Gasteiger partial charge on any atom is 0.136 e. The van der Waals surface area contributed by atoms with Crippen molar-refractivity contribution >= 4 is 5.69 Å². The quantitative estimate of drug-likeness (QED) is 0.416. The summed E-state index contributed by atoms with van der Waals surface area (Å²) in [5, 5.41) is 3.31. The standard InChI is InChI=1S/C11H14FN3O/c1-3-8(4-2)16-10-7-5-6-9(12)11(10)14-15-13/h5-8H,3-4H2,1-2H3. The number of rotatable bonds is 5. The first kappa shape index (κ1) is 12.3. The van der Waals surface area contributed by atoms with Gasteiger partial charge in [0.2, 0.25) is 0 Å². The van der Waals surface area contributed by atoms with Crippen molar-refractivity contribution in [1.29, 1.82) is 0 Å². The van der Waals surface area contributed by atoms with E-state index in [1.165, 1.54) is 12.1 Å². The molecular formula is C11H14FN3O. The van der Waals surface area contributed by atoms with Crippen molar-refractivity contribution in [3.63, 3.8) is 0 Å². The van der Waals surface area contributed by atoms with E-state index in [0.29, 0.717) is 5.75 Å². The fraction of sp³-hybridized carbons (Fsp3) is 0.455. The molecule has 0 unspecified atom stereocenters. The molecular weight excluding hydrogens is 209 g/mol. The summed E-state index contributed by atoms with van der Waals surface area (Å²) in [6.07, 6.45) is 1.65. The van der Waals surface area contributed by atoms with Crippen LogP contribution in [0.2, 0.25) is 0 Å². The van der Waals surface area contributed by atoms with Crippen LogP contribution >= 0.6 is 0 Å². The third kappa shape index (κ3) is 2.87. The Morgan fingerprint density at radius 2 is 2.12 bits per heavy atom. The smallest absolute Gasteiger partial charge is 0.136 e. The van der Waals surface area contributed by atoms with Crippen LogP contribution in [0.1, 0.15) is 26.7 Å². The van der Waals surface area contributed by atoms with E-state index in [1.807, 2.05) is 13.8 Å². The molecule has 0 aliphatic carbocycles. The lowest BCUT2D eigenvalue weighted by Gasteiger charge is -2.17. The average molecular weight is 223 g/mol. The van der Waals surface area contributed by atoms with Gasteiger partial charge in [-0.05, 0) is 30.5 Å². The molecule has 0 N–H and O–H groups in total. The number of halogens is 1. The molecule has 0 aliphatic heterocycles. The predicted molar refractivity (Wildman–Crippen MR) is 60.2 cm³/mol. The first-order valence-corrected chi connectivity index (χ1v) is 5.23. The lowest BCUT2D eigenvalue weighted by molar-refractivity contribution is 0.193. The fourth-order valence-electron chi connectivity index (χ4n) is 1.37. The van der Waals surface area contributed by atoms with E-state index in [0.717, 1.165) is 12.8 Å². The first-order valence-electron chi connectivity index (χ1n) is 5.23. The summed E-state index contributed by atoms with van der Waals surface area (Å²) in [6.45, 7) is 3.97. The van der Waals surface area contributed by atoms with Crippen LogP contribution < -0.4 is 4.74 Å². The zero-order valence-electron chi connectivity index (χ0n) is 9.35. The monoisotopic (exact) mass is 223 g/mol. The van der Waals surface area contributed by atoms with Gasteiger partial charge in [-0.15, -0.1) is 0 Å². The Morgan fingerprint density at radius 3 is 2.69 bits per heavy atom. The van der Waals surface area contributed by atoms with Crippen molar-refractivity contribution in [3.05, 3.63) is 34.5 Å². The topological polar surface area (TPSA) is 58.0 Å².